The first kappa shape index (κ1) is 22.1. The number of carbonyl (C=O) groups excluding carboxylic acids is 2. The quantitative estimate of drug-likeness (QED) is 0.807. The standard InChI is InChI=1S/C24H33N3O3/c1-6-25-21(28)24(12-7-13-27(16-24)22(29)23(3,4)5)15-19-14-20(26-30-19)18-10-8-17(2)9-11-18/h8-11,14H,6-7,12-13,15-16H2,1-5H3,(H,25,28). The van der Waals surface area contributed by atoms with E-state index in [4.69, 9.17) is 4.52 Å². The number of rotatable bonds is 5. The van der Waals surface area contributed by atoms with Gasteiger partial charge in [-0.3, -0.25) is 9.59 Å². The molecule has 1 aliphatic heterocycles. The molecule has 0 bridgehead atoms. The highest BCUT2D eigenvalue weighted by Crippen LogP contribution is 2.36. The van der Waals surface area contributed by atoms with Gasteiger partial charge in [0.1, 0.15) is 11.5 Å². The lowest BCUT2D eigenvalue weighted by Crippen LogP contribution is -2.56. The van der Waals surface area contributed by atoms with Crippen molar-refractivity contribution in [3.63, 3.8) is 0 Å². The molecule has 1 aromatic carbocycles. The second kappa shape index (κ2) is 8.62. The summed E-state index contributed by atoms with van der Waals surface area (Å²) in [6, 6.07) is 10.0. The fraction of sp³-hybridized carbons (Fsp3) is 0.542. The number of nitrogens with one attached hydrogen (secondary N) is 1. The van der Waals surface area contributed by atoms with Gasteiger partial charge in [-0.25, -0.2) is 0 Å². The summed E-state index contributed by atoms with van der Waals surface area (Å²) in [6.07, 6.45) is 1.93. The molecule has 2 heterocycles. The van der Waals surface area contributed by atoms with Gasteiger partial charge in [0, 0.05) is 43.1 Å². The Kier molecular flexibility index (Phi) is 6.34. The number of hydrogen-bond acceptors (Lipinski definition) is 4. The number of benzene rings is 1. The molecule has 6 nitrogen and oxygen atoms in total. The van der Waals surface area contributed by atoms with Gasteiger partial charge in [-0.1, -0.05) is 55.8 Å². The fourth-order valence-corrected chi connectivity index (χ4v) is 4.13. The number of hydrogen-bond donors (Lipinski definition) is 1. The van der Waals surface area contributed by atoms with Crippen molar-refractivity contribution in [1.29, 1.82) is 0 Å². The van der Waals surface area contributed by atoms with Crippen molar-refractivity contribution in [2.45, 2.75) is 53.9 Å². The molecule has 162 valence electrons. The number of nitrogens with zero attached hydrogens (tertiary/aromatic N) is 2. The minimum atomic E-state index is -0.709. The first-order chi connectivity index (χ1) is 14.1. The third-order valence-corrected chi connectivity index (χ3v) is 5.74. The van der Waals surface area contributed by atoms with Gasteiger partial charge in [0.2, 0.25) is 11.8 Å². The molecule has 1 aromatic heterocycles. The van der Waals surface area contributed by atoms with Crippen molar-refractivity contribution in [3.8, 4) is 11.3 Å². The predicted octanol–water partition coefficient (Wildman–Crippen LogP) is 3.98. The second-order valence-corrected chi connectivity index (χ2v) is 9.44. The third-order valence-electron chi connectivity index (χ3n) is 5.74. The van der Waals surface area contributed by atoms with Crippen LogP contribution in [-0.4, -0.2) is 41.5 Å². The molecule has 2 aromatic rings. The Morgan fingerprint density at radius 1 is 1.23 bits per heavy atom. The van der Waals surface area contributed by atoms with Crippen LogP contribution in [0, 0.1) is 17.8 Å². The Hall–Kier alpha value is -2.63. The number of aryl methyl sites for hydroxylation is 1. The van der Waals surface area contributed by atoms with E-state index in [0.29, 0.717) is 38.2 Å². The van der Waals surface area contributed by atoms with E-state index < -0.39 is 10.8 Å². The molecule has 0 saturated carbocycles. The van der Waals surface area contributed by atoms with Crippen LogP contribution < -0.4 is 5.32 Å². The van der Waals surface area contributed by atoms with Crippen LogP contribution >= 0.6 is 0 Å². The Bertz CT molecular complexity index is 895. The molecule has 1 unspecified atom stereocenters. The predicted molar refractivity (Wildman–Crippen MR) is 117 cm³/mol. The van der Waals surface area contributed by atoms with Crippen LogP contribution in [0.3, 0.4) is 0 Å². The monoisotopic (exact) mass is 411 g/mol. The first-order valence-corrected chi connectivity index (χ1v) is 10.7. The van der Waals surface area contributed by atoms with E-state index in [0.717, 1.165) is 17.7 Å². The van der Waals surface area contributed by atoms with E-state index in [9.17, 15) is 9.59 Å². The molecule has 0 aliphatic carbocycles. The zero-order valence-electron chi connectivity index (χ0n) is 18.7. The highest BCUT2D eigenvalue weighted by atomic mass is 16.5. The lowest BCUT2D eigenvalue weighted by molar-refractivity contribution is -0.147. The first-order valence-electron chi connectivity index (χ1n) is 10.7. The van der Waals surface area contributed by atoms with Gasteiger partial charge >= 0.3 is 0 Å². The van der Waals surface area contributed by atoms with Crippen LogP contribution in [0.15, 0.2) is 34.9 Å². The van der Waals surface area contributed by atoms with E-state index in [-0.39, 0.29) is 11.8 Å². The zero-order chi connectivity index (χ0) is 21.9. The van der Waals surface area contributed by atoms with Crippen LogP contribution in [0.25, 0.3) is 11.3 Å². The van der Waals surface area contributed by atoms with Crippen molar-refractivity contribution in [2.75, 3.05) is 19.6 Å². The lowest BCUT2D eigenvalue weighted by atomic mass is 9.74. The zero-order valence-corrected chi connectivity index (χ0v) is 18.7. The van der Waals surface area contributed by atoms with Gasteiger partial charge in [0.05, 0.1) is 5.41 Å². The molecule has 1 atom stereocenters. The Balaban J connectivity index is 1.86. The summed E-state index contributed by atoms with van der Waals surface area (Å²) in [5, 5.41) is 7.20. The van der Waals surface area contributed by atoms with E-state index in [1.165, 1.54) is 5.56 Å². The molecule has 3 rings (SSSR count). The molecular weight excluding hydrogens is 378 g/mol. The molecule has 6 heteroatoms. The number of aromatic nitrogens is 1. The summed E-state index contributed by atoms with van der Waals surface area (Å²) < 4.78 is 5.63. The Morgan fingerprint density at radius 2 is 1.93 bits per heavy atom. The van der Waals surface area contributed by atoms with Gasteiger partial charge < -0.3 is 14.7 Å². The molecule has 1 saturated heterocycles. The Morgan fingerprint density at radius 3 is 2.57 bits per heavy atom. The largest absolute Gasteiger partial charge is 0.361 e. The SMILES string of the molecule is CCNC(=O)C1(Cc2cc(-c3ccc(C)cc3)no2)CCCN(C(=O)C(C)(C)C)C1. The average Bonchev–Trinajstić information content (AvgIpc) is 3.15. The van der Waals surface area contributed by atoms with Crippen molar-refractivity contribution in [3.05, 3.63) is 41.7 Å². The van der Waals surface area contributed by atoms with Crippen LogP contribution in [0.4, 0.5) is 0 Å². The van der Waals surface area contributed by atoms with Gasteiger partial charge in [-0.05, 0) is 26.7 Å². The lowest BCUT2D eigenvalue weighted by Gasteiger charge is -2.43. The minimum absolute atomic E-state index is 0.0234. The van der Waals surface area contributed by atoms with Crippen LogP contribution in [0.5, 0.6) is 0 Å². The fourth-order valence-electron chi connectivity index (χ4n) is 4.13. The topological polar surface area (TPSA) is 75.4 Å². The van der Waals surface area contributed by atoms with Crippen molar-refractivity contribution in [2.24, 2.45) is 10.8 Å². The van der Waals surface area contributed by atoms with Crippen LogP contribution in [0.1, 0.15) is 51.9 Å². The van der Waals surface area contributed by atoms with Crippen molar-refractivity contribution >= 4 is 11.8 Å². The minimum Gasteiger partial charge on any atom is -0.361 e. The summed E-state index contributed by atoms with van der Waals surface area (Å²) in [6.45, 7) is 11.3. The number of piperidine rings is 1. The highest BCUT2D eigenvalue weighted by molar-refractivity contribution is 5.86. The van der Waals surface area contributed by atoms with E-state index >= 15 is 0 Å². The van der Waals surface area contributed by atoms with Gasteiger partial charge in [0.15, 0.2) is 0 Å². The maximum absolute atomic E-state index is 13.1. The molecule has 1 fully saturated rings. The number of likely N-dealkylation sites (tertiary alicyclic amines) is 1. The van der Waals surface area contributed by atoms with E-state index in [1.807, 2.05) is 69.9 Å². The van der Waals surface area contributed by atoms with Crippen LogP contribution in [0.2, 0.25) is 0 Å². The molecule has 2 amide bonds. The van der Waals surface area contributed by atoms with Gasteiger partial charge in [-0.15, -0.1) is 0 Å². The third kappa shape index (κ3) is 4.74. The van der Waals surface area contributed by atoms with Crippen molar-refractivity contribution in [1.82, 2.24) is 15.4 Å². The summed E-state index contributed by atoms with van der Waals surface area (Å²) in [5.41, 5.74) is 1.74. The summed E-state index contributed by atoms with van der Waals surface area (Å²) in [5.74, 6) is 0.723. The second-order valence-electron chi connectivity index (χ2n) is 9.44. The molecular formula is C24H33N3O3. The maximum atomic E-state index is 13.1. The van der Waals surface area contributed by atoms with Crippen molar-refractivity contribution < 1.29 is 14.1 Å². The van der Waals surface area contributed by atoms with Gasteiger partial charge in [0.25, 0.3) is 0 Å². The van der Waals surface area contributed by atoms with Gasteiger partial charge in [-0.2, -0.15) is 0 Å². The normalized spacial score (nSPS) is 19.6. The molecule has 1 aliphatic rings. The average molecular weight is 412 g/mol. The number of amides is 2. The smallest absolute Gasteiger partial charge is 0.228 e. The van der Waals surface area contributed by atoms with E-state index in [2.05, 4.69) is 10.5 Å². The highest BCUT2D eigenvalue weighted by Gasteiger charge is 2.45. The molecule has 0 radical (unpaired) electrons. The molecule has 0 spiro atoms. The molecule has 30 heavy (non-hydrogen) atoms. The summed E-state index contributed by atoms with van der Waals surface area (Å²) >= 11 is 0. The van der Waals surface area contributed by atoms with Crippen LogP contribution in [-0.2, 0) is 16.0 Å². The summed E-state index contributed by atoms with van der Waals surface area (Å²) in [7, 11) is 0. The maximum Gasteiger partial charge on any atom is 0.228 e. The summed E-state index contributed by atoms with van der Waals surface area (Å²) in [4.78, 5) is 27.9. The van der Waals surface area contributed by atoms with E-state index in [1.54, 1.807) is 0 Å². The molecule has 1 N–H and O–H groups in total. The number of carbonyl (C=O) groups is 2. The Labute approximate surface area is 179 Å².